The fourth-order valence-electron chi connectivity index (χ4n) is 3.45. The second-order valence-corrected chi connectivity index (χ2v) is 8.66. The van der Waals surface area contributed by atoms with Crippen molar-refractivity contribution in [2.24, 2.45) is 5.92 Å². The van der Waals surface area contributed by atoms with E-state index in [-0.39, 0.29) is 35.3 Å². The Labute approximate surface area is 174 Å². The maximum absolute atomic E-state index is 13.2. The van der Waals surface area contributed by atoms with E-state index in [1.54, 1.807) is 34.9 Å². The van der Waals surface area contributed by atoms with Gasteiger partial charge in [0.2, 0.25) is 5.91 Å². The van der Waals surface area contributed by atoms with Gasteiger partial charge in [0, 0.05) is 24.2 Å². The van der Waals surface area contributed by atoms with Crippen LogP contribution in [0.5, 0.6) is 0 Å². The molecule has 3 rings (SSSR count). The normalized spacial score (nSPS) is 19.5. The van der Waals surface area contributed by atoms with Crippen molar-refractivity contribution in [3.05, 3.63) is 41.8 Å². The Morgan fingerprint density at radius 1 is 1.38 bits per heavy atom. The van der Waals surface area contributed by atoms with Gasteiger partial charge < -0.3 is 14.7 Å². The van der Waals surface area contributed by atoms with Crippen LogP contribution in [0.25, 0.3) is 11.3 Å². The first-order chi connectivity index (χ1) is 13.9. The molecule has 156 valence electrons. The van der Waals surface area contributed by atoms with Crippen LogP contribution in [-0.4, -0.2) is 52.5 Å². The summed E-state index contributed by atoms with van der Waals surface area (Å²) in [6.45, 7) is 4.50. The highest BCUT2D eigenvalue weighted by molar-refractivity contribution is 7.98. The second kappa shape index (κ2) is 9.43. The largest absolute Gasteiger partial charge is 0.355 e. The van der Waals surface area contributed by atoms with Crippen LogP contribution in [0.1, 0.15) is 37.2 Å². The molecular weight excluding hydrogens is 393 g/mol. The van der Waals surface area contributed by atoms with Crippen LogP contribution < -0.4 is 5.32 Å². The van der Waals surface area contributed by atoms with Crippen LogP contribution >= 0.6 is 11.8 Å². The van der Waals surface area contributed by atoms with Gasteiger partial charge in [0.1, 0.15) is 11.9 Å². The molecule has 1 aliphatic heterocycles. The summed E-state index contributed by atoms with van der Waals surface area (Å²) in [5.41, 5.74) is 0.780. The monoisotopic (exact) mass is 419 g/mol. The molecule has 1 aliphatic rings. The van der Waals surface area contributed by atoms with Gasteiger partial charge in [0.25, 0.3) is 5.91 Å². The molecule has 1 aromatic carbocycles. The van der Waals surface area contributed by atoms with Crippen molar-refractivity contribution in [1.82, 2.24) is 15.4 Å². The number of aromatic nitrogens is 1. The molecule has 0 radical (unpaired) electrons. The van der Waals surface area contributed by atoms with E-state index in [0.29, 0.717) is 24.3 Å². The van der Waals surface area contributed by atoms with Gasteiger partial charge in [-0.2, -0.15) is 11.8 Å². The lowest BCUT2D eigenvalue weighted by Gasteiger charge is -2.39. The van der Waals surface area contributed by atoms with Crippen molar-refractivity contribution in [2.45, 2.75) is 38.8 Å². The average Bonchev–Trinajstić information content (AvgIpc) is 3.18. The summed E-state index contributed by atoms with van der Waals surface area (Å²) < 4.78 is 18.5. The molecule has 2 atom stereocenters. The number of rotatable bonds is 7. The zero-order valence-corrected chi connectivity index (χ0v) is 17.7. The number of thioether (sulfide) groups is 1. The van der Waals surface area contributed by atoms with Gasteiger partial charge in [-0.15, -0.1) is 0 Å². The molecule has 0 spiro atoms. The number of nitrogens with one attached hydrogen (secondary N) is 1. The highest BCUT2D eigenvalue weighted by Crippen LogP contribution is 2.24. The van der Waals surface area contributed by atoms with E-state index in [2.05, 4.69) is 10.5 Å². The van der Waals surface area contributed by atoms with Crippen LogP contribution in [0, 0.1) is 11.7 Å². The number of piperazine rings is 1. The van der Waals surface area contributed by atoms with Gasteiger partial charge in [-0.25, -0.2) is 4.39 Å². The molecule has 1 fully saturated rings. The summed E-state index contributed by atoms with van der Waals surface area (Å²) in [6, 6.07) is 6.72. The summed E-state index contributed by atoms with van der Waals surface area (Å²) in [5.74, 6) is 0.755. The Balaban J connectivity index is 1.83. The SMILES string of the molecule is CSCC[C@H]1CN(C(=O)c2cc(-c3ccc(F)cc3)on2)[C@@H](CC(C)C)C(=O)N1. The highest BCUT2D eigenvalue weighted by Gasteiger charge is 2.38. The summed E-state index contributed by atoms with van der Waals surface area (Å²) in [4.78, 5) is 27.6. The smallest absolute Gasteiger partial charge is 0.276 e. The van der Waals surface area contributed by atoms with E-state index in [1.807, 2.05) is 20.1 Å². The summed E-state index contributed by atoms with van der Waals surface area (Å²) in [5, 5.41) is 6.97. The van der Waals surface area contributed by atoms with Crippen LogP contribution in [0.4, 0.5) is 4.39 Å². The number of nitrogens with zero attached hydrogens (tertiary/aromatic N) is 2. The van der Waals surface area contributed by atoms with E-state index < -0.39 is 6.04 Å². The number of amides is 2. The van der Waals surface area contributed by atoms with Crippen LogP contribution in [0.2, 0.25) is 0 Å². The minimum absolute atomic E-state index is 0.0780. The zero-order chi connectivity index (χ0) is 21.0. The molecule has 6 nitrogen and oxygen atoms in total. The van der Waals surface area contributed by atoms with E-state index in [9.17, 15) is 14.0 Å². The van der Waals surface area contributed by atoms with Gasteiger partial charge in [-0.05, 0) is 55.0 Å². The minimum Gasteiger partial charge on any atom is -0.355 e. The number of halogens is 1. The Morgan fingerprint density at radius 2 is 2.10 bits per heavy atom. The number of hydrogen-bond acceptors (Lipinski definition) is 5. The summed E-state index contributed by atoms with van der Waals surface area (Å²) in [7, 11) is 0. The molecule has 1 aromatic heterocycles. The van der Waals surface area contributed by atoms with E-state index >= 15 is 0 Å². The molecule has 0 bridgehead atoms. The van der Waals surface area contributed by atoms with Gasteiger partial charge >= 0.3 is 0 Å². The fourth-order valence-corrected chi connectivity index (χ4v) is 3.97. The molecule has 2 heterocycles. The lowest BCUT2D eigenvalue weighted by molar-refractivity contribution is -0.130. The molecule has 0 saturated carbocycles. The molecule has 1 saturated heterocycles. The second-order valence-electron chi connectivity index (χ2n) is 7.67. The van der Waals surface area contributed by atoms with Crippen molar-refractivity contribution < 1.29 is 18.5 Å². The van der Waals surface area contributed by atoms with Gasteiger partial charge in [0.05, 0.1) is 0 Å². The Morgan fingerprint density at radius 3 is 2.76 bits per heavy atom. The van der Waals surface area contributed by atoms with E-state index in [0.717, 1.165) is 12.2 Å². The topological polar surface area (TPSA) is 75.4 Å². The quantitative estimate of drug-likeness (QED) is 0.742. The highest BCUT2D eigenvalue weighted by atomic mass is 32.2. The van der Waals surface area contributed by atoms with Crippen molar-refractivity contribution in [3.63, 3.8) is 0 Å². The maximum atomic E-state index is 13.2. The number of hydrogen-bond donors (Lipinski definition) is 1. The van der Waals surface area contributed by atoms with Crippen LogP contribution in [0.3, 0.4) is 0 Å². The third kappa shape index (κ3) is 5.18. The molecule has 0 aliphatic carbocycles. The number of carbonyl (C=O) groups is 2. The van der Waals surface area contributed by atoms with E-state index in [1.165, 1.54) is 12.1 Å². The van der Waals surface area contributed by atoms with Crippen molar-refractivity contribution in [2.75, 3.05) is 18.6 Å². The van der Waals surface area contributed by atoms with Crippen molar-refractivity contribution in [1.29, 1.82) is 0 Å². The Kier molecular flexibility index (Phi) is 6.95. The maximum Gasteiger partial charge on any atom is 0.276 e. The predicted octanol–water partition coefficient (Wildman–Crippen LogP) is 3.59. The molecule has 29 heavy (non-hydrogen) atoms. The number of carbonyl (C=O) groups excluding carboxylic acids is 2. The van der Waals surface area contributed by atoms with Gasteiger partial charge in [-0.1, -0.05) is 19.0 Å². The minimum atomic E-state index is -0.529. The fraction of sp³-hybridized carbons (Fsp3) is 0.476. The predicted molar refractivity (Wildman–Crippen MR) is 111 cm³/mol. The first-order valence-corrected chi connectivity index (χ1v) is 11.1. The van der Waals surface area contributed by atoms with Crippen LogP contribution in [0.15, 0.2) is 34.9 Å². The third-order valence-electron chi connectivity index (χ3n) is 4.93. The lowest BCUT2D eigenvalue weighted by Crippen LogP contribution is -2.62. The lowest BCUT2D eigenvalue weighted by atomic mass is 9.97. The van der Waals surface area contributed by atoms with Crippen LogP contribution in [-0.2, 0) is 4.79 Å². The Bertz CT molecular complexity index is 853. The first kappa shape index (κ1) is 21.4. The average molecular weight is 420 g/mol. The van der Waals surface area contributed by atoms with E-state index in [4.69, 9.17) is 4.52 Å². The summed E-state index contributed by atoms with van der Waals surface area (Å²) in [6.07, 6.45) is 3.39. The van der Waals surface area contributed by atoms with Crippen molar-refractivity contribution in [3.8, 4) is 11.3 Å². The van der Waals surface area contributed by atoms with Crippen molar-refractivity contribution >= 4 is 23.6 Å². The molecule has 1 N–H and O–H groups in total. The molecule has 8 heteroatoms. The first-order valence-electron chi connectivity index (χ1n) is 9.72. The van der Waals surface area contributed by atoms with Gasteiger partial charge in [-0.3, -0.25) is 9.59 Å². The van der Waals surface area contributed by atoms with Gasteiger partial charge in [0.15, 0.2) is 11.5 Å². The molecule has 2 aromatic rings. The molecular formula is C21H26FN3O3S. The zero-order valence-electron chi connectivity index (χ0n) is 16.9. The summed E-state index contributed by atoms with van der Waals surface area (Å²) >= 11 is 1.71. The molecule has 0 unspecified atom stereocenters. The molecule has 2 amide bonds. The standard InChI is InChI=1S/C21H26FN3O3S/c1-13(2)10-18-20(26)23-16(8-9-29-3)12-25(18)21(27)17-11-19(28-24-17)14-4-6-15(22)7-5-14/h4-7,11,13,16,18H,8-10,12H2,1-3H3,(H,23,26)/t16-,18-/m0/s1. The Hall–Kier alpha value is -2.35. The number of benzene rings is 1. The third-order valence-corrected chi connectivity index (χ3v) is 5.57.